The molecular weight excluding hydrogens is 206 g/mol. The quantitative estimate of drug-likeness (QED) is 0.764. The normalized spacial score (nSPS) is 14.4. The number of carboxylic acids is 1. The van der Waals surface area contributed by atoms with Crippen LogP contribution in [0.3, 0.4) is 0 Å². The van der Waals surface area contributed by atoms with Gasteiger partial charge in [0.2, 0.25) is 0 Å². The zero-order valence-electron chi connectivity index (χ0n) is 9.30. The van der Waals surface area contributed by atoms with Crippen molar-refractivity contribution < 1.29 is 14.6 Å². The lowest BCUT2D eigenvalue weighted by molar-refractivity contribution is -0.138. The van der Waals surface area contributed by atoms with E-state index in [-0.39, 0.29) is 12.5 Å². The Morgan fingerprint density at radius 1 is 1.44 bits per heavy atom. The Morgan fingerprint density at radius 2 is 2.06 bits per heavy atom. The van der Waals surface area contributed by atoms with E-state index in [1.165, 1.54) is 0 Å². The van der Waals surface area contributed by atoms with Gasteiger partial charge in [0.15, 0.2) is 0 Å². The number of hydrogen-bond donors (Lipinski definition) is 2. The molecule has 4 heteroatoms. The summed E-state index contributed by atoms with van der Waals surface area (Å²) in [6.45, 7) is 2.24. The maximum absolute atomic E-state index is 10.5. The third-order valence-electron chi connectivity index (χ3n) is 2.37. The van der Waals surface area contributed by atoms with Gasteiger partial charge in [0.25, 0.3) is 0 Å². The van der Waals surface area contributed by atoms with Crippen molar-refractivity contribution in [3.05, 3.63) is 35.9 Å². The molecule has 0 fully saturated rings. The average Bonchev–Trinajstić information content (AvgIpc) is 2.26. The molecule has 0 bridgehead atoms. The van der Waals surface area contributed by atoms with E-state index in [0.717, 1.165) is 5.56 Å². The maximum atomic E-state index is 10.5. The van der Waals surface area contributed by atoms with Crippen molar-refractivity contribution in [1.82, 2.24) is 0 Å². The molecule has 88 valence electrons. The Bertz CT molecular complexity index is 326. The number of rotatable bonds is 6. The maximum Gasteiger partial charge on any atom is 0.305 e. The lowest BCUT2D eigenvalue weighted by Gasteiger charge is -2.18. The van der Waals surface area contributed by atoms with Crippen LogP contribution in [0.2, 0.25) is 0 Å². The van der Waals surface area contributed by atoms with Crippen LogP contribution in [0, 0.1) is 0 Å². The van der Waals surface area contributed by atoms with Crippen LogP contribution in [-0.4, -0.2) is 23.2 Å². The second kappa shape index (κ2) is 6.25. The Kier molecular flexibility index (Phi) is 4.95. The SMILES string of the molecule is C[C@@H](OCc1ccccc1)[C@@H](N)CC(=O)O. The van der Waals surface area contributed by atoms with Gasteiger partial charge in [-0.15, -0.1) is 0 Å². The minimum atomic E-state index is -0.900. The molecule has 0 unspecified atom stereocenters. The fourth-order valence-corrected chi connectivity index (χ4v) is 1.29. The van der Waals surface area contributed by atoms with Crippen LogP contribution in [0.25, 0.3) is 0 Å². The number of carboxylic acid groups (broad SMARTS) is 1. The van der Waals surface area contributed by atoms with Gasteiger partial charge in [0.1, 0.15) is 0 Å². The topological polar surface area (TPSA) is 72.5 Å². The summed E-state index contributed by atoms with van der Waals surface area (Å²) in [5.41, 5.74) is 6.73. The highest BCUT2D eigenvalue weighted by Crippen LogP contribution is 2.06. The highest BCUT2D eigenvalue weighted by atomic mass is 16.5. The van der Waals surface area contributed by atoms with Gasteiger partial charge in [0.05, 0.1) is 19.1 Å². The Morgan fingerprint density at radius 3 is 2.62 bits per heavy atom. The summed E-state index contributed by atoms with van der Waals surface area (Å²) >= 11 is 0. The lowest BCUT2D eigenvalue weighted by Crippen LogP contribution is -2.36. The third-order valence-corrected chi connectivity index (χ3v) is 2.37. The molecule has 2 atom stereocenters. The molecule has 0 saturated heterocycles. The first-order valence-corrected chi connectivity index (χ1v) is 5.22. The number of ether oxygens (including phenoxy) is 1. The summed E-state index contributed by atoms with van der Waals surface area (Å²) in [6.07, 6.45) is -0.341. The predicted molar refractivity (Wildman–Crippen MR) is 60.9 cm³/mol. The monoisotopic (exact) mass is 223 g/mol. The van der Waals surface area contributed by atoms with Gasteiger partial charge in [-0.1, -0.05) is 30.3 Å². The number of carbonyl (C=O) groups is 1. The Hall–Kier alpha value is -1.39. The van der Waals surface area contributed by atoms with Crippen molar-refractivity contribution >= 4 is 5.97 Å². The van der Waals surface area contributed by atoms with Crippen LogP contribution in [0.15, 0.2) is 30.3 Å². The second-order valence-electron chi connectivity index (χ2n) is 3.76. The summed E-state index contributed by atoms with van der Waals surface area (Å²) in [4.78, 5) is 10.5. The van der Waals surface area contributed by atoms with E-state index in [1.54, 1.807) is 6.92 Å². The van der Waals surface area contributed by atoms with Gasteiger partial charge in [-0.05, 0) is 12.5 Å². The van der Waals surface area contributed by atoms with Crippen LogP contribution < -0.4 is 5.73 Å². The van der Waals surface area contributed by atoms with Crippen LogP contribution in [0.4, 0.5) is 0 Å². The highest BCUT2D eigenvalue weighted by molar-refractivity contribution is 5.67. The van der Waals surface area contributed by atoms with Crippen molar-refractivity contribution in [3.8, 4) is 0 Å². The van der Waals surface area contributed by atoms with E-state index in [2.05, 4.69) is 0 Å². The summed E-state index contributed by atoms with van der Waals surface area (Å²) in [6, 6.07) is 9.23. The molecule has 0 aliphatic heterocycles. The largest absolute Gasteiger partial charge is 0.481 e. The van der Waals surface area contributed by atoms with Crippen molar-refractivity contribution in [2.24, 2.45) is 5.73 Å². The van der Waals surface area contributed by atoms with E-state index in [4.69, 9.17) is 15.6 Å². The van der Waals surface area contributed by atoms with Crippen molar-refractivity contribution in [3.63, 3.8) is 0 Å². The molecule has 1 aromatic carbocycles. The Balaban J connectivity index is 2.35. The molecule has 0 amide bonds. The zero-order valence-corrected chi connectivity index (χ0v) is 9.30. The van der Waals surface area contributed by atoms with Crippen LogP contribution in [0.1, 0.15) is 18.9 Å². The average molecular weight is 223 g/mol. The summed E-state index contributed by atoms with van der Waals surface area (Å²) in [5.74, 6) is -0.900. The molecule has 16 heavy (non-hydrogen) atoms. The van der Waals surface area contributed by atoms with E-state index in [0.29, 0.717) is 6.61 Å². The lowest BCUT2D eigenvalue weighted by atomic mass is 10.1. The summed E-state index contributed by atoms with van der Waals surface area (Å²) < 4.78 is 5.50. The molecule has 0 heterocycles. The number of hydrogen-bond acceptors (Lipinski definition) is 3. The van der Waals surface area contributed by atoms with Crippen LogP contribution in [-0.2, 0) is 16.1 Å². The minimum Gasteiger partial charge on any atom is -0.481 e. The van der Waals surface area contributed by atoms with Crippen molar-refractivity contribution in [1.29, 1.82) is 0 Å². The molecule has 0 aliphatic rings. The standard InChI is InChI=1S/C12H17NO3/c1-9(11(13)7-12(14)15)16-8-10-5-3-2-4-6-10/h2-6,9,11H,7-8,13H2,1H3,(H,14,15)/t9-,11+/m1/s1. The van der Waals surface area contributed by atoms with E-state index < -0.39 is 12.0 Å². The van der Waals surface area contributed by atoms with E-state index in [1.807, 2.05) is 30.3 Å². The van der Waals surface area contributed by atoms with E-state index >= 15 is 0 Å². The van der Waals surface area contributed by atoms with Gasteiger partial charge in [-0.25, -0.2) is 0 Å². The molecule has 4 nitrogen and oxygen atoms in total. The minimum absolute atomic E-state index is 0.0735. The summed E-state index contributed by atoms with van der Waals surface area (Å²) in [5, 5.41) is 8.58. The first-order valence-electron chi connectivity index (χ1n) is 5.22. The van der Waals surface area contributed by atoms with Gasteiger partial charge >= 0.3 is 5.97 Å². The second-order valence-corrected chi connectivity index (χ2v) is 3.76. The number of benzene rings is 1. The molecule has 1 rings (SSSR count). The summed E-state index contributed by atoms with van der Waals surface area (Å²) in [7, 11) is 0. The van der Waals surface area contributed by atoms with Crippen LogP contribution >= 0.6 is 0 Å². The first kappa shape index (κ1) is 12.7. The molecule has 3 N–H and O–H groups in total. The van der Waals surface area contributed by atoms with Gasteiger partial charge in [-0.2, -0.15) is 0 Å². The van der Waals surface area contributed by atoms with Crippen LogP contribution in [0.5, 0.6) is 0 Å². The molecule has 0 aromatic heterocycles. The molecule has 1 aromatic rings. The molecule has 0 saturated carbocycles. The third kappa shape index (κ3) is 4.42. The van der Waals surface area contributed by atoms with Gasteiger partial charge in [-0.3, -0.25) is 4.79 Å². The van der Waals surface area contributed by atoms with Gasteiger partial charge in [0, 0.05) is 6.04 Å². The smallest absolute Gasteiger partial charge is 0.305 e. The zero-order chi connectivity index (χ0) is 12.0. The number of nitrogens with two attached hydrogens (primary N) is 1. The molecule has 0 aliphatic carbocycles. The predicted octanol–water partition coefficient (Wildman–Crippen LogP) is 1.39. The Labute approximate surface area is 95.0 Å². The first-order chi connectivity index (χ1) is 7.59. The van der Waals surface area contributed by atoms with Gasteiger partial charge < -0.3 is 15.6 Å². The fourth-order valence-electron chi connectivity index (χ4n) is 1.29. The fraction of sp³-hybridized carbons (Fsp3) is 0.417. The van der Waals surface area contributed by atoms with Crippen molar-refractivity contribution in [2.75, 3.05) is 0 Å². The number of aliphatic carboxylic acids is 1. The van der Waals surface area contributed by atoms with Crippen molar-refractivity contribution in [2.45, 2.75) is 32.1 Å². The molecule has 0 radical (unpaired) electrons. The highest BCUT2D eigenvalue weighted by Gasteiger charge is 2.16. The van der Waals surface area contributed by atoms with E-state index in [9.17, 15) is 4.79 Å². The molecule has 0 spiro atoms. The molecular formula is C12H17NO3.